The van der Waals surface area contributed by atoms with E-state index in [0.717, 1.165) is 0 Å². The van der Waals surface area contributed by atoms with E-state index in [2.05, 4.69) is 4.74 Å². The first-order valence-electron chi connectivity index (χ1n) is 2.90. The zero-order chi connectivity index (χ0) is 8.15. The molecule has 0 aromatic heterocycles. The highest BCUT2D eigenvalue weighted by Crippen LogP contribution is 1.97. The lowest BCUT2D eigenvalue weighted by atomic mass is 9.99. The van der Waals surface area contributed by atoms with Crippen molar-refractivity contribution < 1.29 is 14.3 Å². The average molecular weight is 162 g/mol. The van der Waals surface area contributed by atoms with Crippen molar-refractivity contribution in [3.63, 3.8) is 0 Å². The van der Waals surface area contributed by atoms with Crippen LogP contribution in [0, 0.1) is 0 Å². The molecule has 0 saturated carbocycles. The molecule has 0 amide bonds. The summed E-state index contributed by atoms with van der Waals surface area (Å²) in [5, 5.41) is -1.14. The van der Waals surface area contributed by atoms with Crippen LogP contribution in [0.4, 0.5) is 0 Å². The van der Waals surface area contributed by atoms with Crippen LogP contribution in [0.1, 0.15) is 6.92 Å². The summed E-state index contributed by atoms with van der Waals surface area (Å²) in [6, 6.07) is 0. The van der Waals surface area contributed by atoms with Crippen molar-refractivity contribution in [2.45, 2.75) is 12.3 Å². The number of hydrogen-bond acceptors (Lipinski definition) is 3. The third-order valence-electron chi connectivity index (χ3n) is 0.850. The normalized spacial score (nSPS) is 12.2. The Balaban J connectivity index is 3.82. The Hall–Kier alpha value is -0.505. The van der Waals surface area contributed by atoms with Crippen LogP contribution in [0.5, 0.6) is 0 Å². The maximum Gasteiger partial charge on any atom is 0.330 e. The molecule has 0 heterocycles. The van der Waals surface area contributed by atoms with Gasteiger partial charge < -0.3 is 9.53 Å². The molecular formula is C5H8BClO3. The van der Waals surface area contributed by atoms with E-state index in [1.807, 2.05) is 0 Å². The molecule has 0 spiro atoms. The first kappa shape index (κ1) is 9.49. The van der Waals surface area contributed by atoms with Gasteiger partial charge in [-0.1, -0.05) is 0 Å². The van der Waals surface area contributed by atoms with Crippen molar-refractivity contribution in [1.82, 2.24) is 0 Å². The topological polar surface area (TPSA) is 43.4 Å². The van der Waals surface area contributed by atoms with Gasteiger partial charge in [-0.2, -0.15) is 0 Å². The lowest BCUT2D eigenvalue weighted by Gasteiger charge is -2.03. The minimum atomic E-state index is -1.14. The van der Waals surface area contributed by atoms with Gasteiger partial charge >= 0.3 is 5.97 Å². The molecule has 0 fully saturated rings. The number of carbonyl (C=O) groups is 2. The van der Waals surface area contributed by atoms with Crippen LogP contribution in [-0.4, -0.2) is 31.5 Å². The second-order valence-electron chi connectivity index (χ2n) is 1.73. The molecule has 0 radical (unpaired) electrons. The number of alkyl halides is 1. The Labute approximate surface area is 65.1 Å². The van der Waals surface area contributed by atoms with Crippen molar-refractivity contribution >= 4 is 31.1 Å². The molecule has 5 heteroatoms. The monoisotopic (exact) mass is 162 g/mol. The van der Waals surface area contributed by atoms with Crippen LogP contribution in [0.2, 0.25) is 0 Å². The van der Waals surface area contributed by atoms with Crippen LogP contribution >= 0.6 is 11.6 Å². The van der Waals surface area contributed by atoms with Crippen LogP contribution < -0.4 is 0 Å². The molecule has 0 aromatic rings. The third-order valence-corrected chi connectivity index (χ3v) is 1.34. The van der Waals surface area contributed by atoms with Gasteiger partial charge in [0, 0.05) is 0 Å². The van der Waals surface area contributed by atoms with Crippen LogP contribution in [0.3, 0.4) is 0 Å². The van der Waals surface area contributed by atoms with Gasteiger partial charge in [0.2, 0.25) is 0 Å². The fourth-order valence-corrected chi connectivity index (χ4v) is 0.444. The standard InChI is InChI=1S/C5H8BClO3/c1-2-10-5(9)3(7)4(6)8/h3H,2,6H2,1H3. The lowest BCUT2D eigenvalue weighted by Crippen LogP contribution is -2.26. The average Bonchev–Trinajstić information content (AvgIpc) is 1.87. The van der Waals surface area contributed by atoms with Gasteiger partial charge in [-0.3, -0.25) is 4.79 Å². The lowest BCUT2D eigenvalue weighted by molar-refractivity contribution is -0.143. The number of halogens is 1. The highest BCUT2D eigenvalue weighted by molar-refractivity contribution is 6.67. The molecule has 1 unspecified atom stereocenters. The summed E-state index contributed by atoms with van der Waals surface area (Å²) in [5.41, 5.74) is -0.389. The van der Waals surface area contributed by atoms with Crippen molar-refractivity contribution in [2.24, 2.45) is 0 Å². The summed E-state index contributed by atoms with van der Waals surface area (Å²) in [6.07, 6.45) is 0. The first-order chi connectivity index (χ1) is 4.59. The molecule has 0 aliphatic heterocycles. The Morgan fingerprint density at radius 3 is 2.50 bits per heavy atom. The summed E-state index contributed by atoms with van der Waals surface area (Å²) in [5.74, 6) is -0.670. The quantitative estimate of drug-likeness (QED) is 0.239. The largest absolute Gasteiger partial charge is 0.465 e. The minimum absolute atomic E-state index is 0.245. The van der Waals surface area contributed by atoms with Crippen LogP contribution in [-0.2, 0) is 14.3 Å². The number of esters is 1. The van der Waals surface area contributed by atoms with Gasteiger partial charge in [-0.05, 0) is 6.92 Å². The van der Waals surface area contributed by atoms with E-state index in [1.165, 1.54) is 7.85 Å². The van der Waals surface area contributed by atoms with E-state index in [-0.39, 0.29) is 12.3 Å². The molecule has 0 bridgehead atoms. The highest BCUT2D eigenvalue weighted by Gasteiger charge is 2.20. The predicted octanol–water partition coefficient (Wildman–Crippen LogP) is -0.683. The van der Waals surface area contributed by atoms with Gasteiger partial charge in [-0.25, -0.2) is 0 Å². The fourth-order valence-electron chi connectivity index (χ4n) is 0.381. The van der Waals surface area contributed by atoms with Gasteiger partial charge in [0.15, 0.2) is 13.2 Å². The summed E-state index contributed by atoms with van der Waals surface area (Å²) in [7, 11) is 1.24. The summed E-state index contributed by atoms with van der Waals surface area (Å²) < 4.78 is 4.47. The van der Waals surface area contributed by atoms with E-state index < -0.39 is 11.3 Å². The molecule has 0 saturated heterocycles. The minimum Gasteiger partial charge on any atom is -0.465 e. The molecule has 10 heavy (non-hydrogen) atoms. The number of rotatable bonds is 3. The summed E-state index contributed by atoms with van der Waals surface area (Å²) in [6.45, 7) is 1.90. The smallest absolute Gasteiger partial charge is 0.330 e. The molecule has 0 rings (SSSR count). The number of hydrogen-bond donors (Lipinski definition) is 0. The molecule has 0 aliphatic rings. The van der Waals surface area contributed by atoms with E-state index in [4.69, 9.17) is 11.6 Å². The SMILES string of the molecule is BC(=O)C(Cl)C(=O)OCC. The van der Waals surface area contributed by atoms with Crippen molar-refractivity contribution in [3.05, 3.63) is 0 Å². The van der Waals surface area contributed by atoms with Gasteiger partial charge in [-0.15, -0.1) is 11.6 Å². The van der Waals surface area contributed by atoms with E-state index in [9.17, 15) is 9.59 Å². The van der Waals surface area contributed by atoms with Crippen LogP contribution in [0.25, 0.3) is 0 Å². The van der Waals surface area contributed by atoms with Crippen molar-refractivity contribution in [1.29, 1.82) is 0 Å². The zero-order valence-corrected chi connectivity index (χ0v) is 6.64. The van der Waals surface area contributed by atoms with Crippen molar-refractivity contribution in [2.75, 3.05) is 6.61 Å². The molecular weight excluding hydrogens is 154 g/mol. The zero-order valence-electron chi connectivity index (χ0n) is 5.89. The molecule has 1 atom stereocenters. The Morgan fingerprint density at radius 1 is 1.70 bits per heavy atom. The van der Waals surface area contributed by atoms with E-state index >= 15 is 0 Å². The maximum atomic E-state index is 10.6. The second-order valence-corrected chi connectivity index (χ2v) is 2.16. The Bertz CT molecular complexity index is 148. The van der Waals surface area contributed by atoms with Gasteiger partial charge in [0.05, 0.1) is 6.61 Å². The third kappa shape index (κ3) is 2.87. The van der Waals surface area contributed by atoms with Crippen LogP contribution in [0.15, 0.2) is 0 Å². The Morgan fingerprint density at radius 2 is 2.20 bits per heavy atom. The summed E-state index contributed by atoms with van der Waals surface area (Å²) >= 11 is 5.32. The highest BCUT2D eigenvalue weighted by atomic mass is 35.5. The molecule has 0 N–H and O–H groups in total. The number of ether oxygens (including phenoxy) is 1. The molecule has 0 aromatic carbocycles. The van der Waals surface area contributed by atoms with Gasteiger partial charge in [0.25, 0.3) is 0 Å². The van der Waals surface area contributed by atoms with Gasteiger partial charge in [0.1, 0.15) is 5.68 Å². The summed E-state index contributed by atoms with van der Waals surface area (Å²) in [4.78, 5) is 21.0. The maximum absolute atomic E-state index is 10.6. The van der Waals surface area contributed by atoms with Crippen molar-refractivity contribution in [3.8, 4) is 0 Å². The van der Waals surface area contributed by atoms with E-state index in [0.29, 0.717) is 0 Å². The second kappa shape index (κ2) is 4.33. The predicted molar refractivity (Wildman–Crippen MR) is 39.8 cm³/mol. The van der Waals surface area contributed by atoms with E-state index in [1.54, 1.807) is 6.92 Å². The molecule has 3 nitrogen and oxygen atoms in total. The molecule has 56 valence electrons. The fraction of sp³-hybridized carbons (Fsp3) is 0.600. The first-order valence-corrected chi connectivity index (χ1v) is 3.34. The molecule has 0 aliphatic carbocycles. The Kier molecular flexibility index (Phi) is 4.11. The number of carbonyl (C=O) groups excluding carboxylic acids is 2.